The van der Waals surface area contributed by atoms with Gasteiger partial charge < -0.3 is 10.5 Å². The van der Waals surface area contributed by atoms with E-state index in [-0.39, 0.29) is 6.04 Å². The van der Waals surface area contributed by atoms with Gasteiger partial charge in [-0.3, -0.25) is 4.90 Å². The predicted molar refractivity (Wildman–Crippen MR) is 79.5 cm³/mol. The van der Waals surface area contributed by atoms with Gasteiger partial charge in [-0.05, 0) is 63.9 Å². The summed E-state index contributed by atoms with van der Waals surface area (Å²) in [6.07, 6.45) is 2.58. The van der Waals surface area contributed by atoms with E-state index in [9.17, 15) is 0 Å². The fourth-order valence-corrected chi connectivity index (χ4v) is 3.04. The van der Waals surface area contributed by atoms with Crippen molar-refractivity contribution < 1.29 is 4.74 Å². The van der Waals surface area contributed by atoms with Gasteiger partial charge in [-0.1, -0.05) is 12.1 Å². The highest BCUT2D eigenvalue weighted by atomic mass is 16.5. The predicted octanol–water partition coefficient (Wildman–Crippen LogP) is 2.88. The van der Waals surface area contributed by atoms with Gasteiger partial charge in [0, 0.05) is 12.1 Å². The molecule has 0 spiro atoms. The second-order valence-corrected chi connectivity index (χ2v) is 5.50. The Kier molecular flexibility index (Phi) is 4.83. The lowest BCUT2D eigenvalue weighted by molar-refractivity contribution is 0.219. The summed E-state index contributed by atoms with van der Waals surface area (Å²) in [6.45, 7) is 9.27. The summed E-state index contributed by atoms with van der Waals surface area (Å²) in [7, 11) is 0. The van der Waals surface area contributed by atoms with Crippen LogP contribution in [0.2, 0.25) is 0 Å². The molecule has 1 aliphatic heterocycles. The van der Waals surface area contributed by atoms with Gasteiger partial charge in [0.15, 0.2) is 0 Å². The van der Waals surface area contributed by atoms with Gasteiger partial charge in [0.05, 0.1) is 6.61 Å². The van der Waals surface area contributed by atoms with E-state index in [0.717, 1.165) is 5.75 Å². The zero-order valence-corrected chi connectivity index (χ0v) is 12.4. The van der Waals surface area contributed by atoms with E-state index in [1.54, 1.807) is 0 Å². The number of benzene rings is 1. The Bertz CT molecular complexity index is 411. The van der Waals surface area contributed by atoms with Crippen molar-refractivity contribution in [1.82, 2.24) is 4.90 Å². The number of rotatable bonds is 5. The Hall–Kier alpha value is -1.06. The normalized spacial score (nSPS) is 19.4. The third kappa shape index (κ3) is 3.28. The van der Waals surface area contributed by atoms with Crippen LogP contribution >= 0.6 is 0 Å². The minimum absolute atomic E-state index is 0.149. The van der Waals surface area contributed by atoms with Crippen molar-refractivity contribution in [3.05, 3.63) is 29.3 Å². The van der Waals surface area contributed by atoms with Gasteiger partial charge in [-0.25, -0.2) is 0 Å². The summed E-state index contributed by atoms with van der Waals surface area (Å²) >= 11 is 0. The van der Waals surface area contributed by atoms with Crippen LogP contribution in [0.5, 0.6) is 5.75 Å². The van der Waals surface area contributed by atoms with Crippen molar-refractivity contribution in [3.8, 4) is 5.75 Å². The molecule has 3 nitrogen and oxygen atoms in total. The van der Waals surface area contributed by atoms with E-state index in [2.05, 4.69) is 36.9 Å². The van der Waals surface area contributed by atoms with Crippen molar-refractivity contribution in [2.75, 3.05) is 19.7 Å². The molecular weight excluding hydrogens is 236 g/mol. The van der Waals surface area contributed by atoms with E-state index < -0.39 is 0 Å². The molecule has 1 aliphatic rings. The maximum absolute atomic E-state index is 6.22. The number of hydrogen-bond donors (Lipinski definition) is 1. The molecule has 0 amide bonds. The lowest BCUT2D eigenvalue weighted by Gasteiger charge is -2.31. The third-order valence-corrected chi connectivity index (χ3v) is 3.87. The molecule has 19 heavy (non-hydrogen) atoms. The van der Waals surface area contributed by atoms with Crippen molar-refractivity contribution >= 4 is 0 Å². The van der Waals surface area contributed by atoms with Crippen molar-refractivity contribution in [2.24, 2.45) is 5.73 Å². The molecule has 1 heterocycles. The minimum atomic E-state index is 0.149. The summed E-state index contributed by atoms with van der Waals surface area (Å²) in [5.74, 6) is 0.982. The fourth-order valence-electron chi connectivity index (χ4n) is 3.04. The van der Waals surface area contributed by atoms with E-state index in [4.69, 9.17) is 10.5 Å². The van der Waals surface area contributed by atoms with Crippen LogP contribution in [0.25, 0.3) is 0 Å². The minimum Gasteiger partial charge on any atom is -0.494 e. The number of nitrogens with two attached hydrogens (primary N) is 1. The molecule has 0 aliphatic carbocycles. The van der Waals surface area contributed by atoms with Crippen molar-refractivity contribution in [3.63, 3.8) is 0 Å². The molecule has 2 N–H and O–H groups in total. The average molecular weight is 262 g/mol. The van der Waals surface area contributed by atoms with E-state index >= 15 is 0 Å². The molecule has 0 radical (unpaired) electrons. The monoisotopic (exact) mass is 262 g/mol. The smallest absolute Gasteiger partial charge is 0.122 e. The maximum Gasteiger partial charge on any atom is 0.122 e. The summed E-state index contributed by atoms with van der Waals surface area (Å²) < 4.78 is 5.61. The Morgan fingerprint density at radius 1 is 1.32 bits per heavy atom. The quantitative estimate of drug-likeness (QED) is 0.886. The summed E-state index contributed by atoms with van der Waals surface area (Å²) in [5.41, 5.74) is 8.74. The number of aryl methyl sites for hydroxylation is 1. The van der Waals surface area contributed by atoms with Gasteiger partial charge in [0.1, 0.15) is 5.75 Å². The lowest BCUT2D eigenvalue weighted by atomic mass is 9.97. The van der Waals surface area contributed by atoms with Crippen LogP contribution in [0.1, 0.15) is 43.9 Å². The van der Waals surface area contributed by atoms with Crippen LogP contribution < -0.4 is 10.5 Å². The Morgan fingerprint density at radius 3 is 2.53 bits per heavy atom. The first-order valence-electron chi connectivity index (χ1n) is 7.36. The Labute approximate surface area is 116 Å². The van der Waals surface area contributed by atoms with Gasteiger partial charge in [-0.2, -0.15) is 0 Å². The standard InChI is InChI=1S/C16H26N2O/c1-4-19-15-8-7-14(11-12(15)2)16(13(3)17)18-9-5-6-10-18/h7-8,11,13,16H,4-6,9-10,17H2,1-3H3. The zero-order valence-electron chi connectivity index (χ0n) is 12.4. The first-order valence-corrected chi connectivity index (χ1v) is 7.36. The van der Waals surface area contributed by atoms with E-state index in [1.807, 2.05) is 6.92 Å². The second-order valence-electron chi connectivity index (χ2n) is 5.50. The third-order valence-electron chi connectivity index (χ3n) is 3.87. The molecule has 2 unspecified atom stereocenters. The largest absolute Gasteiger partial charge is 0.494 e. The second kappa shape index (κ2) is 6.40. The molecular formula is C16H26N2O. The molecule has 0 bridgehead atoms. The first-order chi connectivity index (χ1) is 9.13. The zero-order chi connectivity index (χ0) is 13.8. The van der Waals surface area contributed by atoms with E-state index in [0.29, 0.717) is 12.6 Å². The number of ether oxygens (including phenoxy) is 1. The topological polar surface area (TPSA) is 38.5 Å². The van der Waals surface area contributed by atoms with Crippen LogP contribution in [0.4, 0.5) is 0 Å². The molecule has 2 rings (SSSR count). The molecule has 3 heteroatoms. The van der Waals surface area contributed by atoms with Crippen LogP contribution in [0, 0.1) is 6.92 Å². The fraction of sp³-hybridized carbons (Fsp3) is 0.625. The molecule has 106 valence electrons. The lowest BCUT2D eigenvalue weighted by Crippen LogP contribution is -2.37. The molecule has 2 atom stereocenters. The Morgan fingerprint density at radius 2 is 2.00 bits per heavy atom. The number of nitrogens with zero attached hydrogens (tertiary/aromatic N) is 1. The maximum atomic E-state index is 6.22. The summed E-state index contributed by atoms with van der Waals surface area (Å²) in [6, 6.07) is 6.97. The SMILES string of the molecule is CCOc1ccc(C(C(C)N)N2CCCC2)cc1C. The highest BCUT2D eigenvalue weighted by molar-refractivity contribution is 5.38. The number of hydrogen-bond acceptors (Lipinski definition) is 3. The molecule has 1 aromatic carbocycles. The molecule has 1 aromatic rings. The molecule has 0 saturated carbocycles. The average Bonchev–Trinajstić information content (AvgIpc) is 2.86. The van der Waals surface area contributed by atoms with Crippen LogP contribution in [-0.2, 0) is 0 Å². The van der Waals surface area contributed by atoms with E-state index in [1.165, 1.54) is 37.1 Å². The summed E-state index contributed by atoms with van der Waals surface area (Å²) in [4.78, 5) is 2.51. The molecule has 1 saturated heterocycles. The van der Waals surface area contributed by atoms with Crippen molar-refractivity contribution in [2.45, 2.75) is 45.7 Å². The van der Waals surface area contributed by atoms with Crippen LogP contribution in [0.15, 0.2) is 18.2 Å². The van der Waals surface area contributed by atoms with Gasteiger partial charge in [-0.15, -0.1) is 0 Å². The molecule has 1 fully saturated rings. The highest BCUT2D eigenvalue weighted by Gasteiger charge is 2.26. The van der Waals surface area contributed by atoms with Gasteiger partial charge >= 0.3 is 0 Å². The van der Waals surface area contributed by atoms with Gasteiger partial charge in [0.25, 0.3) is 0 Å². The number of likely N-dealkylation sites (tertiary alicyclic amines) is 1. The molecule has 0 aromatic heterocycles. The van der Waals surface area contributed by atoms with Crippen molar-refractivity contribution in [1.29, 1.82) is 0 Å². The van der Waals surface area contributed by atoms with Crippen LogP contribution in [-0.4, -0.2) is 30.6 Å². The summed E-state index contributed by atoms with van der Waals surface area (Å²) in [5, 5.41) is 0. The van der Waals surface area contributed by atoms with Crippen LogP contribution in [0.3, 0.4) is 0 Å². The Balaban J connectivity index is 2.24. The highest BCUT2D eigenvalue weighted by Crippen LogP contribution is 2.30. The first kappa shape index (κ1) is 14.4. The van der Waals surface area contributed by atoms with Gasteiger partial charge in [0.2, 0.25) is 0 Å².